The van der Waals surface area contributed by atoms with Gasteiger partial charge in [0.1, 0.15) is 5.54 Å². The lowest BCUT2D eigenvalue weighted by molar-refractivity contribution is -0.144. The topological polar surface area (TPSA) is 67.2 Å². The fourth-order valence-corrected chi connectivity index (χ4v) is 2.66. The van der Waals surface area contributed by atoms with Gasteiger partial charge in [0.15, 0.2) is 0 Å². The number of nitrogens with one attached hydrogen (secondary N) is 1. The number of aromatic nitrogens is 2. The maximum Gasteiger partial charge on any atom is 0.323 e. The minimum atomic E-state index is -0.942. The largest absolute Gasteiger partial charge is 0.480 e. The first kappa shape index (κ1) is 15.5. The highest BCUT2D eigenvalue weighted by molar-refractivity contribution is 5.79. The highest BCUT2D eigenvalue weighted by atomic mass is 16.4. The van der Waals surface area contributed by atoms with Gasteiger partial charge in [-0.2, -0.15) is 5.10 Å². The molecule has 0 saturated carbocycles. The first-order valence-electron chi connectivity index (χ1n) is 7.38. The van der Waals surface area contributed by atoms with Crippen molar-refractivity contribution >= 4 is 16.9 Å². The molecule has 0 saturated heterocycles. The summed E-state index contributed by atoms with van der Waals surface area (Å²) in [6.07, 6.45) is 3.21. The molecule has 0 aliphatic rings. The number of nitrogens with zero attached hydrogens (tertiary/aromatic N) is 2. The van der Waals surface area contributed by atoms with Crippen LogP contribution in [0.1, 0.15) is 39.7 Å². The van der Waals surface area contributed by atoms with Crippen molar-refractivity contribution in [3.05, 3.63) is 30.5 Å². The number of benzene rings is 1. The van der Waals surface area contributed by atoms with Gasteiger partial charge in [-0.15, -0.1) is 0 Å². The molecule has 2 atom stereocenters. The van der Waals surface area contributed by atoms with Crippen LogP contribution in [0, 0.1) is 0 Å². The number of rotatable bonds is 7. The summed E-state index contributed by atoms with van der Waals surface area (Å²) in [5, 5.41) is 18.2. The molecule has 0 fully saturated rings. The average molecular weight is 289 g/mol. The summed E-state index contributed by atoms with van der Waals surface area (Å²) in [6, 6.07) is 7.96. The lowest BCUT2D eigenvalue weighted by atomic mass is 9.93. The molecule has 21 heavy (non-hydrogen) atoms. The third-order valence-corrected chi connectivity index (χ3v) is 3.86. The number of hydrogen-bond acceptors (Lipinski definition) is 3. The average Bonchev–Trinajstić information content (AvgIpc) is 2.89. The summed E-state index contributed by atoms with van der Waals surface area (Å²) in [6.45, 7) is 6.47. The zero-order valence-corrected chi connectivity index (χ0v) is 12.8. The van der Waals surface area contributed by atoms with Crippen LogP contribution < -0.4 is 5.32 Å². The molecule has 0 aliphatic heterocycles. The van der Waals surface area contributed by atoms with Gasteiger partial charge in [0.25, 0.3) is 0 Å². The summed E-state index contributed by atoms with van der Waals surface area (Å²) in [5.74, 6) is -0.820. The predicted octanol–water partition coefficient (Wildman–Crippen LogP) is 2.83. The lowest BCUT2D eigenvalue weighted by Crippen LogP contribution is -2.51. The molecule has 1 aromatic heterocycles. The van der Waals surface area contributed by atoms with E-state index in [9.17, 15) is 9.90 Å². The molecular weight excluding hydrogens is 266 g/mol. The Morgan fingerprint density at radius 1 is 1.48 bits per heavy atom. The van der Waals surface area contributed by atoms with Gasteiger partial charge in [-0.05, 0) is 39.3 Å². The summed E-state index contributed by atoms with van der Waals surface area (Å²) in [5.41, 5.74) is 0.0934. The second kappa shape index (κ2) is 6.26. The summed E-state index contributed by atoms with van der Waals surface area (Å²) in [4.78, 5) is 11.6. The standard InChI is InChI=1S/C16H23N3O2/c1-4-9-17-16(3,15(20)21)10-12(2)19-14-8-6-5-7-13(14)11-18-19/h5-8,11-12,17H,4,9-10H2,1-3H3,(H,20,21). The SMILES string of the molecule is CCCNC(C)(CC(C)n1ncc2ccccc21)C(=O)O. The molecule has 2 rings (SSSR count). The minimum Gasteiger partial charge on any atom is -0.480 e. The molecule has 0 radical (unpaired) electrons. The number of aliphatic carboxylic acids is 1. The predicted molar refractivity (Wildman–Crippen MR) is 83.4 cm³/mol. The number of carboxylic acid groups (broad SMARTS) is 1. The second-order valence-electron chi connectivity index (χ2n) is 5.77. The van der Waals surface area contributed by atoms with Crippen molar-refractivity contribution in [2.75, 3.05) is 6.54 Å². The molecule has 5 nitrogen and oxygen atoms in total. The van der Waals surface area contributed by atoms with Crippen LogP contribution in [0.3, 0.4) is 0 Å². The van der Waals surface area contributed by atoms with Crippen molar-refractivity contribution in [1.29, 1.82) is 0 Å². The van der Waals surface area contributed by atoms with Gasteiger partial charge in [-0.25, -0.2) is 0 Å². The normalized spacial score (nSPS) is 15.8. The van der Waals surface area contributed by atoms with Gasteiger partial charge in [0.05, 0.1) is 17.8 Å². The number of carbonyl (C=O) groups is 1. The van der Waals surface area contributed by atoms with Crippen LogP contribution in [0.15, 0.2) is 30.5 Å². The number of para-hydroxylation sites is 1. The molecule has 1 heterocycles. The van der Waals surface area contributed by atoms with Crippen LogP contribution in [0.25, 0.3) is 10.9 Å². The van der Waals surface area contributed by atoms with E-state index in [0.29, 0.717) is 13.0 Å². The highest BCUT2D eigenvalue weighted by Gasteiger charge is 2.34. The third kappa shape index (κ3) is 3.24. The molecule has 0 amide bonds. The first-order valence-corrected chi connectivity index (χ1v) is 7.38. The Morgan fingerprint density at radius 2 is 2.19 bits per heavy atom. The smallest absolute Gasteiger partial charge is 0.323 e. The van der Waals surface area contributed by atoms with Gasteiger partial charge in [0.2, 0.25) is 0 Å². The molecule has 2 aromatic rings. The van der Waals surface area contributed by atoms with Crippen molar-refractivity contribution in [1.82, 2.24) is 15.1 Å². The van der Waals surface area contributed by atoms with E-state index >= 15 is 0 Å². The Labute approximate surface area is 125 Å². The Morgan fingerprint density at radius 3 is 2.86 bits per heavy atom. The molecule has 114 valence electrons. The van der Waals surface area contributed by atoms with Crippen LogP contribution in [0.2, 0.25) is 0 Å². The van der Waals surface area contributed by atoms with E-state index in [2.05, 4.69) is 10.4 Å². The molecule has 1 aromatic carbocycles. The molecular formula is C16H23N3O2. The monoisotopic (exact) mass is 289 g/mol. The fourth-order valence-electron chi connectivity index (χ4n) is 2.66. The molecule has 5 heteroatoms. The van der Waals surface area contributed by atoms with Crippen LogP contribution in [0.4, 0.5) is 0 Å². The van der Waals surface area contributed by atoms with Crippen LogP contribution in [-0.4, -0.2) is 32.9 Å². The van der Waals surface area contributed by atoms with Gasteiger partial charge < -0.3 is 10.4 Å². The molecule has 0 aliphatic carbocycles. The van der Waals surface area contributed by atoms with E-state index in [1.807, 2.05) is 49.0 Å². The van der Waals surface area contributed by atoms with Crippen LogP contribution >= 0.6 is 0 Å². The number of carboxylic acids is 1. The van der Waals surface area contributed by atoms with Crippen molar-refractivity contribution < 1.29 is 9.90 Å². The number of fused-ring (bicyclic) bond motifs is 1. The van der Waals surface area contributed by atoms with Gasteiger partial charge in [0, 0.05) is 5.39 Å². The van der Waals surface area contributed by atoms with Gasteiger partial charge in [-0.3, -0.25) is 9.48 Å². The van der Waals surface area contributed by atoms with E-state index in [0.717, 1.165) is 17.3 Å². The lowest BCUT2D eigenvalue weighted by Gasteiger charge is -2.29. The second-order valence-corrected chi connectivity index (χ2v) is 5.77. The fraction of sp³-hybridized carbons (Fsp3) is 0.500. The number of hydrogen-bond donors (Lipinski definition) is 2. The van der Waals surface area contributed by atoms with E-state index in [1.165, 1.54) is 0 Å². The Bertz CT molecular complexity index is 623. The quantitative estimate of drug-likeness (QED) is 0.822. The molecule has 0 spiro atoms. The van der Waals surface area contributed by atoms with E-state index in [4.69, 9.17) is 0 Å². The van der Waals surface area contributed by atoms with Crippen molar-refractivity contribution in [3.8, 4) is 0 Å². The maximum absolute atomic E-state index is 11.6. The van der Waals surface area contributed by atoms with E-state index in [1.54, 1.807) is 6.92 Å². The third-order valence-electron chi connectivity index (χ3n) is 3.86. The molecule has 2 N–H and O–H groups in total. The highest BCUT2D eigenvalue weighted by Crippen LogP contribution is 2.25. The Hall–Kier alpha value is -1.88. The first-order chi connectivity index (χ1) is 9.98. The van der Waals surface area contributed by atoms with Crippen molar-refractivity contribution in [2.24, 2.45) is 0 Å². The minimum absolute atomic E-state index is 0.00430. The van der Waals surface area contributed by atoms with Gasteiger partial charge >= 0.3 is 5.97 Å². The molecule has 0 bridgehead atoms. The van der Waals surface area contributed by atoms with Crippen LogP contribution in [-0.2, 0) is 4.79 Å². The molecule has 2 unspecified atom stereocenters. The summed E-state index contributed by atoms with van der Waals surface area (Å²) >= 11 is 0. The maximum atomic E-state index is 11.6. The summed E-state index contributed by atoms with van der Waals surface area (Å²) < 4.78 is 1.91. The van der Waals surface area contributed by atoms with Crippen molar-refractivity contribution in [2.45, 2.75) is 45.2 Å². The Balaban J connectivity index is 2.22. The summed E-state index contributed by atoms with van der Waals surface area (Å²) in [7, 11) is 0. The Kier molecular flexibility index (Phi) is 4.63. The zero-order valence-electron chi connectivity index (χ0n) is 12.8. The van der Waals surface area contributed by atoms with Gasteiger partial charge in [-0.1, -0.05) is 25.1 Å². The van der Waals surface area contributed by atoms with E-state index < -0.39 is 11.5 Å². The van der Waals surface area contributed by atoms with Crippen LogP contribution in [0.5, 0.6) is 0 Å². The zero-order chi connectivity index (χ0) is 15.5. The van der Waals surface area contributed by atoms with E-state index in [-0.39, 0.29) is 6.04 Å². The van der Waals surface area contributed by atoms with Crippen molar-refractivity contribution in [3.63, 3.8) is 0 Å².